The van der Waals surface area contributed by atoms with E-state index in [4.69, 9.17) is 15.6 Å². The summed E-state index contributed by atoms with van der Waals surface area (Å²) in [5.74, 6) is 0. The third kappa shape index (κ3) is 3.20. The van der Waals surface area contributed by atoms with Gasteiger partial charge in [0.1, 0.15) is 0 Å². The highest BCUT2D eigenvalue weighted by Gasteiger charge is 2.45. The Kier molecular flexibility index (Phi) is 4.83. The van der Waals surface area contributed by atoms with E-state index < -0.39 is 16.6 Å². The molecule has 0 aliphatic carbocycles. The van der Waals surface area contributed by atoms with E-state index in [-0.39, 0.29) is 0 Å². The van der Waals surface area contributed by atoms with E-state index in [2.05, 4.69) is 0 Å². The molecule has 0 bridgehead atoms. The Labute approximate surface area is 108 Å². The quantitative estimate of drug-likeness (QED) is 0.772. The fraction of sp³-hybridized carbons (Fsp3) is 1.00. The van der Waals surface area contributed by atoms with Crippen molar-refractivity contribution in [3.63, 3.8) is 0 Å². The molecule has 0 radical (unpaired) electrons. The first-order valence-corrected chi connectivity index (χ1v) is 12.4. The van der Waals surface area contributed by atoms with Crippen LogP contribution in [0.25, 0.3) is 0 Å². The average Bonchev–Trinajstić information content (AvgIpc) is 2.41. The largest absolute Gasteiger partial charge is 0.453 e. The van der Waals surface area contributed by atoms with Gasteiger partial charge in [0.05, 0.1) is 0 Å². The van der Waals surface area contributed by atoms with Crippen LogP contribution in [0.2, 0.25) is 24.2 Å². The smallest absolute Gasteiger partial charge is 0.193 e. The van der Waals surface area contributed by atoms with Crippen LogP contribution in [0.15, 0.2) is 0 Å². The molecular weight excluding hydrogens is 244 g/mol. The summed E-state index contributed by atoms with van der Waals surface area (Å²) in [7, 11) is -3.16. The second kappa shape index (κ2) is 5.97. The molecule has 2 aliphatic heterocycles. The molecule has 17 heavy (non-hydrogen) atoms. The summed E-state index contributed by atoms with van der Waals surface area (Å²) in [6.45, 7) is 0. The van der Waals surface area contributed by atoms with Gasteiger partial charge >= 0.3 is 0 Å². The van der Waals surface area contributed by atoms with Crippen LogP contribution in [0, 0.1) is 0 Å². The lowest BCUT2D eigenvalue weighted by Crippen LogP contribution is -2.60. The molecule has 0 spiro atoms. The molecule has 0 aromatic carbocycles. The molecule has 2 rings (SSSR count). The van der Waals surface area contributed by atoms with E-state index in [1.54, 1.807) is 0 Å². The Morgan fingerprint density at radius 1 is 0.647 bits per heavy atom. The van der Waals surface area contributed by atoms with Crippen LogP contribution in [0.5, 0.6) is 0 Å². The van der Waals surface area contributed by atoms with Crippen molar-refractivity contribution < 1.29 is 4.12 Å². The minimum atomic E-state index is -1.58. The van der Waals surface area contributed by atoms with Crippen LogP contribution >= 0.6 is 0 Å². The normalized spacial score (nSPS) is 27.9. The fourth-order valence-electron chi connectivity index (χ4n) is 3.55. The van der Waals surface area contributed by atoms with Crippen molar-refractivity contribution in [1.29, 1.82) is 0 Å². The molecule has 2 fully saturated rings. The molecule has 0 amide bonds. The number of rotatable bonds is 4. The van der Waals surface area contributed by atoms with Gasteiger partial charge in [-0.05, 0) is 24.2 Å². The van der Waals surface area contributed by atoms with E-state index in [0.29, 0.717) is 0 Å². The topological polar surface area (TPSA) is 61.3 Å². The molecule has 0 atom stereocenters. The fourth-order valence-corrected chi connectivity index (χ4v) is 14.4. The molecule has 0 unspecified atom stereocenters. The zero-order chi connectivity index (χ0) is 12.2. The third-order valence-corrected chi connectivity index (χ3v) is 14.7. The average molecular weight is 273 g/mol. The molecule has 2 heterocycles. The second-order valence-corrected chi connectivity index (χ2v) is 14.4. The van der Waals surface area contributed by atoms with Gasteiger partial charge in [0.15, 0.2) is 16.6 Å². The zero-order valence-electron chi connectivity index (χ0n) is 11.0. The first-order valence-electron chi connectivity index (χ1n) is 7.35. The molecule has 2 saturated heterocycles. The van der Waals surface area contributed by atoms with Crippen LogP contribution in [-0.4, -0.2) is 29.0 Å². The Morgan fingerprint density at radius 3 is 1.29 bits per heavy atom. The molecule has 2 aliphatic rings. The van der Waals surface area contributed by atoms with E-state index in [1.165, 1.54) is 62.7 Å². The lowest BCUT2D eigenvalue weighted by Gasteiger charge is -2.44. The van der Waals surface area contributed by atoms with Crippen molar-refractivity contribution in [2.45, 2.75) is 62.7 Å². The maximum absolute atomic E-state index is 6.83. The Balaban J connectivity index is 2.04. The molecule has 5 heteroatoms. The Bertz CT molecular complexity index is 215. The molecule has 0 aromatic heterocycles. The lowest BCUT2D eigenvalue weighted by atomic mass is 10.3. The summed E-state index contributed by atoms with van der Waals surface area (Å²) in [5, 5.41) is 0. The van der Waals surface area contributed by atoms with Gasteiger partial charge in [-0.2, -0.15) is 0 Å². The van der Waals surface area contributed by atoms with Gasteiger partial charge in [-0.1, -0.05) is 38.5 Å². The second-order valence-electron chi connectivity index (χ2n) is 6.00. The number of hydrogen-bond acceptors (Lipinski definition) is 3. The number of nitrogens with two attached hydrogens (primary N) is 2. The highest BCUT2D eigenvalue weighted by molar-refractivity contribution is 6.87. The van der Waals surface area contributed by atoms with Gasteiger partial charge in [-0.15, -0.1) is 0 Å². The van der Waals surface area contributed by atoms with Crippen molar-refractivity contribution >= 4 is 16.6 Å². The van der Waals surface area contributed by atoms with Crippen LogP contribution in [0.1, 0.15) is 38.5 Å². The molecule has 0 saturated carbocycles. The molecule has 3 nitrogen and oxygen atoms in total. The van der Waals surface area contributed by atoms with Gasteiger partial charge < -0.3 is 15.6 Å². The predicted molar refractivity (Wildman–Crippen MR) is 77.6 cm³/mol. The maximum Gasteiger partial charge on any atom is 0.193 e. The third-order valence-electron chi connectivity index (χ3n) is 4.71. The first-order chi connectivity index (χ1) is 8.24. The molecule has 4 N–H and O–H groups in total. The van der Waals surface area contributed by atoms with Crippen LogP contribution in [0.3, 0.4) is 0 Å². The standard InChI is InChI=1S/C12H28N2OSi2/c13-11-16(7-3-1-4-8-16)15-17(12-14)9-5-2-6-10-17/h1-14H2. The van der Waals surface area contributed by atoms with Crippen molar-refractivity contribution in [3.8, 4) is 0 Å². The SMILES string of the molecule is NC[Si]1(O[Si]2(CN)CCCCC2)CCCCC1. The van der Waals surface area contributed by atoms with Crippen LogP contribution in [-0.2, 0) is 4.12 Å². The summed E-state index contributed by atoms with van der Waals surface area (Å²) >= 11 is 0. The zero-order valence-corrected chi connectivity index (χ0v) is 13.0. The van der Waals surface area contributed by atoms with E-state index >= 15 is 0 Å². The summed E-state index contributed by atoms with van der Waals surface area (Å²) in [6.07, 6.45) is 9.82. The minimum absolute atomic E-state index is 0.835. The monoisotopic (exact) mass is 272 g/mol. The van der Waals surface area contributed by atoms with Crippen molar-refractivity contribution in [1.82, 2.24) is 0 Å². The highest BCUT2D eigenvalue weighted by atomic mass is 28.4. The Hall–Kier alpha value is 0.314. The van der Waals surface area contributed by atoms with Gasteiger partial charge in [-0.3, -0.25) is 0 Å². The maximum atomic E-state index is 6.83. The van der Waals surface area contributed by atoms with Crippen LogP contribution < -0.4 is 11.5 Å². The molecule has 100 valence electrons. The summed E-state index contributed by atoms with van der Waals surface area (Å²) in [4.78, 5) is 0. The number of hydrogen-bond donors (Lipinski definition) is 2. The summed E-state index contributed by atoms with van der Waals surface area (Å²) in [5.41, 5.74) is 12.2. The van der Waals surface area contributed by atoms with Crippen LogP contribution in [0.4, 0.5) is 0 Å². The van der Waals surface area contributed by atoms with Gasteiger partial charge in [0.25, 0.3) is 0 Å². The van der Waals surface area contributed by atoms with Crippen molar-refractivity contribution in [2.75, 3.05) is 12.3 Å². The van der Waals surface area contributed by atoms with Gasteiger partial charge in [0, 0.05) is 12.3 Å². The summed E-state index contributed by atoms with van der Waals surface area (Å²) in [6, 6.07) is 5.22. The molecular formula is C12H28N2OSi2. The Morgan fingerprint density at radius 2 is 1.00 bits per heavy atom. The van der Waals surface area contributed by atoms with Crippen molar-refractivity contribution in [3.05, 3.63) is 0 Å². The van der Waals surface area contributed by atoms with E-state index in [0.717, 1.165) is 12.3 Å². The first kappa shape index (κ1) is 13.7. The molecule has 0 aromatic rings. The lowest BCUT2D eigenvalue weighted by molar-refractivity contribution is 0.458. The minimum Gasteiger partial charge on any atom is -0.453 e. The van der Waals surface area contributed by atoms with E-state index in [9.17, 15) is 0 Å². The van der Waals surface area contributed by atoms with E-state index in [1.807, 2.05) is 0 Å². The van der Waals surface area contributed by atoms with Gasteiger partial charge in [0.2, 0.25) is 0 Å². The predicted octanol–water partition coefficient (Wildman–Crippen LogP) is 2.26. The summed E-state index contributed by atoms with van der Waals surface area (Å²) < 4.78 is 6.83. The van der Waals surface area contributed by atoms with Crippen molar-refractivity contribution in [2.24, 2.45) is 11.5 Å². The highest BCUT2D eigenvalue weighted by Crippen LogP contribution is 2.36. The van der Waals surface area contributed by atoms with Gasteiger partial charge in [-0.25, -0.2) is 0 Å².